The largest absolute Gasteiger partial charge is 0.325 e. The Kier molecular flexibility index (Phi) is 4.80. The highest BCUT2D eigenvalue weighted by Crippen LogP contribution is 2.20. The van der Waals surface area contributed by atoms with E-state index in [1.807, 2.05) is 19.9 Å². The molecule has 5 heteroatoms. The third kappa shape index (κ3) is 3.36. The van der Waals surface area contributed by atoms with E-state index < -0.39 is 0 Å². The maximum Gasteiger partial charge on any atom is 0.321 e. The van der Waals surface area contributed by atoms with Crippen LogP contribution in [0.3, 0.4) is 0 Å². The summed E-state index contributed by atoms with van der Waals surface area (Å²) < 4.78 is 0. The summed E-state index contributed by atoms with van der Waals surface area (Å²) >= 11 is 5.83. The lowest BCUT2D eigenvalue weighted by Crippen LogP contribution is -2.34. The number of nitrogens with one attached hydrogen (secondary N) is 1. The average molecular weight is 252 g/mol. The fraction of sp³-hybridized carbons (Fsp3) is 0.333. The molecule has 0 aliphatic heterocycles. The summed E-state index contributed by atoms with van der Waals surface area (Å²) in [5.74, 6) is 0. The van der Waals surface area contributed by atoms with Gasteiger partial charge in [-0.1, -0.05) is 11.6 Å². The number of benzene rings is 1. The molecule has 0 spiro atoms. The molecule has 17 heavy (non-hydrogen) atoms. The summed E-state index contributed by atoms with van der Waals surface area (Å²) in [5, 5.41) is 12.1. The lowest BCUT2D eigenvalue weighted by Gasteiger charge is -2.19. The molecule has 0 fully saturated rings. The van der Waals surface area contributed by atoms with Gasteiger partial charge in [-0.3, -0.25) is 0 Å². The van der Waals surface area contributed by atoms with E-state index in [4.69, 9.17) is 16.9 Å². The second-order valence-corrected chi connectivity index (χ2v) is 3.84. The predicted molar refractivity (Wildman–Crippen MR) is 68.1 cm³/mol. The Balaban J connectivity index is 2.91. The molecule has 1 rings (SSSR count). The highest BCUT2D eigenvalue weighted by molar-refractivity contribution is 6.31. The van der Waals surface area contributed by atoms with Gasteiger partial charge in [0.15, 0.2) is 0 Å². The van der Waals surface area contributed by atoms with Crippen LogP contribution in [0.1, 0.15) is 19.4 Å². The zero-order valence-electron chi connectivity index (χ0n) is 9.83. The van der Waals surface area contributed by atoms with Gasteiger partial charge in [-0.2, -0.15) is 5.26 Å². The van der Waals surface area contributed by atoms with Gasteiger partial charge >= 0.3 is 6.03 Å². The Morgan fingerprint density at radius 2 is 2.12 bits per heavy atom. The Morgan fingerprint density at radius 3 is 2.65 bits per heavy atom. The molecule has 1 aromatic carbocycles. The minimum absolute atomic E-state index is 0.228. The number of hydrogen-bond donors (Lipinski definition) is 1. The smallest absolute Gasteiger partial charge is 0.321 e. The second-order valence-electron chi connectivity index (χ2n) is 3.40. The van der Waals surface area contributed by atoms with Crippen LogP contribution in [0.15, 0.2) is 18.2 Å². The number of nitriles is 1. The molecule has 0 atom stereocenters. The first-order chi connectivity index (χ1) is 8.12. The molecule has 4 nitrogen and oxygen atoms in total. The summed E-state index contributed by atoms with van der Waals surface area (Å²) in [6, 6.07) is 6.56. The van der Waals surface area contributed by atoms with Gasteiger partial charge in [-0.25, -0.2) is 4.79 Å². The van der Waals surface area contributed by atoms with Crippen LogP contribution >= 0.6 is 11.6 Å². The van der Waals surface area contributed by atoms with Crippen molar-refractivity contribution in [1.82, 2.24) is 4.90 Å². The molecule has 0 aliphatic rings. The predicted octanol–water partition coefficient (Wildman–Crippen LogP) is 3.09. The summed E-state index contributed by atoms with van der Waals surface area (Å²) in [6.45, 7) is 5.02. The molecule has 1 N–H and O–H groups in total. The molecule has 2 amide bonds. The fourth-order valence-electron chi connectivity index (χ4n) is 1.42. The second kappa shape index (κ2) is 6.12. The molecule has 1 aromatic rings. The van der Waals surface area contributed by atoms with E-state index in [1.54, 1.807) is 23.1 Å². The van der Waals surface area contributed by atoms with Gasteiger partial charge in [-0.05, 0) is 32.0 Å². The van der Waals surface area contributed by atoms with E-state index in [2.05, 4.69) is 5.32 Å². The molecule has 0 bridgehead atoms. The average Bonchev–Trinajstić information content (AvgIpc) is 2.31. The van der Waals surface area contributed by atoms with Crippen molar-refractivity contribution in [3.8, 4) is 6.07 Å². The van der Waals surface area contributed by atoms with Crippen LogP contribution in [0.2, 0.25) is 5.02 Å². The first-order valence-corrected chi connectivity index (χ1v) is 5.75. The number of rotatable bonds is 3. The van der Waals surface area contributed by atoms with Crippen molar-refractivity contribution in [2.45, 2.75) is 13.8 Å². The van der Waals surface area contributed by atoms with E-state index in [-0.39, 0.29) is 6.03 Å². The first kappa shape index (κ1) is 13.3. The highest BCUT2D eigenvalue weighted by atomic mass is 35.5. The lowest BCUT2D eigenvalue weighted by atomic mass is 10.2. The van der Waals surface area contributed by atoms with Crippen LogP contribution in [0, 0.1) is 11.3 Å². The van der Waals surface area contributed by atoms with Gasteiger partial charge in [-0.15, -0.1) is 0 Å². The number of amides is 2. The Hall–Kier alpha value is -1.73. The molecule has 0 aliphatic carbocycles. The Labute approximate surface area is 106 Å². The van der Waals surface area contributed by atoms with Gasteiger partial charge in [0.2, 0.25) is 0 Å². The third-order valence-corrected chi connectivity index (χ3v) is 2.63. The SMILES string of the molecule is CCN(CC)C(=O)Nc1cc(Cl)ccc1C#N. The van der Waals surface area contributed by atoms with Gasteiger partial charge in [0, 0.05) is 18.1 Å². The normalized spacial score (nSPS) is 9.53. The van der Waals surface area contributed by atoms with Gasteiger partial charge < -0.3 is 10.2 Å². The summed E-state index contributed by atoms with van der Waals surface area (Å²) in [4.78, 5) is 13.4. The van der Waals surface area contributed by atoms with Crippen LogP contribution < -0.4 is 5.32 Å². The highest BCUT2D eigenvalue weighted by Gasteiger charge is 2.11. The molecule has 0 saturated carbocycles. The maximum absolute atomic E-state index is 11.8. The summed E-state index contributed by atoms with van der Waals surface area (Å²) in [6.07, 6.45) is 0. The van der Waals surface area contributed by atoms with Crippen molar-refractivity contribution in [2.24, 2.45) is 0 Å². The molecule has 0 radical (unpaired) electrons. The van der Waals surface area contributed by atoms with Crippen molar-refractivity contribution in [3.63, 3.8) is 0 Å². The molecule has 0 saturated heterocycles. The van der Waals surface area contributed by atoms with Crippen molar-refractivity contribution in [1.29, 1.82) is 5.26 Å². The number of carbonyl (C=O) groups excluding carboxylic acids is 1. The van der Waals surface area contributed by atoms with Crippen LogP contribution in [0.4, 0.5) is 10.5 Å². The van der Waals surface area contributed by atoms with Gasteiger partial charge in [0.05, 0.1) is 11.3 Å². The van der Waals surface area contributed by atoms with Gasteiger partial charge in [0.1, 0.15) is 6.07 Å². The fourth-order valence-corrected chi connectivity index (χ4v) is 1.59. The number of nitrogens with zero attached hydrogens (tertiary/aromatic N) is 2. The van der Waals surface area contributed by atoms with Crippen LogP contribution in [0.25, 0.3) is 0 Å². The van der Waals surface area contributed by atoms with Gasteiger partial charge in [0.25, 0.3) is 0 Å². The van der Waals surface area contributed by atoms with Crippen molar-refractivity contribution in [3.05, 3.63) is 28.8 Å². The minimum atomic E-state index is -0.228. The molecule has 0 heterocycles. The maximum atomic E-state index is 11.8. The van der Waals surface area contributed by atoms with Crippen molar-refractivity contribution < 1.29 is 4.79 Å². The third-order valence-electron chi connectivity index (χ3n) is 2.39. The molecule has 0 aromatic heterocycles. The van der Waals surface area contributed by atoms with Crippen molar-refractivity contribution in [2.75, 3.05) is 18.4 Å². The number of halogens is 1. The number of hydrogen-bond acceptors (Lipinski definition) is 2. The monoisotopic (exact) mass is 251 g/mol. The lowest BCUT2D eigenvalue weighted by molar-refractivity contribution is 0.217. The summed E-state index contributed by atoms with van der Waals surface area (Å²) in [7, 11) is 0. The minimum Gasteiger partial charge on any atom is -0.325 e. The Morgan fingerprint density at radius 1 is 1.47 bits per heavy atom. The summed E-state index contributed by atoms with van der Waals surface area (Å²) in [5.41, 5.74) is 0.840. The molecule has 90 valence electrons. The zero-order valence-corrected chi connectivity index (χ0v) is 10.6. The first-order valence-electron chi connectivity index (χ1n) is 5.38. The number of anilines is 1. The molecular formula is C12H14ClN3O. The van der Waals surface area contributed by atoms with E-state index in [9.17, 15) is 4.79 Å². The number of carbonyl (C=O) groups is 1. The molecular weight excluding hydrogens is 238 g/mol. The van der Waals surface area contributed by atoms with Crippen LogP contribution in [-0.4, -0.2) is 24.0 Å². The standard InChI is InChI=1S/C12H14ClN3O/c1-3-16(4-2)12(17)15-11-7-10(13)6-5-9(11)8-14/h5-7H,3-4H2,1-2H3,(H,15,17). The van der Waals surface area contributed by atoms with Crippen molar-refractivity contribution >= 4 is 23.3 Å². The van der Waals surface area contributed by atoms with Crippen LogP contribution in [0.5, 0.6) is 0 Å². The van der Waals surface area contributed by atoms with Crippen LogP contribution in [-0.2, 0) is 0 Å². The quantitative estimate of drug-likeness (QED) is 0.898. The topological polar surface area (TPSA) is 56.1 Å². The van der Waals surface area contributed by atoms with E-state index in [0.717, 1.165) is 0 Å². The Bertz CT molecular complexity index is 450. The number of urea groups is 1. The molecule has 0 unspecified atom stereocenters. The van der Waals surface area contributed by atoms with E-state index >= 15 is 0 Å². The van der Waals surface area contributed by atoms with E-state index in [0.29, 0.717) is 29.4 Å². The van der Waals surface area contributed by atoms with E-state index in [1.165, 1.54) is 0 Å². The zero-order chi connectivity index (χ0) is 12.8.